The molecule has 13 heteroatoms. The number of fused-ring (bicyclic) bond motifs is 2. The Morgan fingerprint density at radius 1 is 1.05 bits per heavy atom. The van der Waals surface area contributed by atoms with Gasteiger partial charge in [0.1, 0.15) is 5.69 Å². The van der Waals surface area contributed by atoms with Crippen LogP contribution < -0.4 is 15.8 Å². The van der Waals surface area contributed by atoms with Crippen molar-refractivity contribution >= 4 is 22.9 Å². The summed E-state index contributed by atoms with van der Waals surface area (Å²) in [7, 11) is 1.52. The molecule has 6 rings (SSSR count). The molecule has 1 aromatic carbocycles. The van der Waals surface area contributed by atoms with Gasteiger partial charge in [-0.2, -0.15) is 13.2 Å². The minimum absolute atomic E-state index is 0.0372. The Labute approximate surface area is 214 Å². The van der Waals surface area contributed by atoms with Gasteiger partial charge in [0, 0.05) is 62.9 Å². The van der Waals surface area contributed by atoms with Crippen LogP contribution in [0.3, 0.4) is 0 Å². The van der Waals surface area contributed by atoms with E-state index in [-0.39, 0.29) is 29.7 Å². The minimum Gasteiger partial charge on any atom is -0.337 e. The van der Waals surface area contributed by atoms with Crippen LogP contribution in [0, 0.1) is 0 Å². The standard InChI is InChI=1S/C25H23F3N8O2/c1-33-22(37)19-5-4-15(9-20(19)36(33)13-16-3-2-6-29-21(16)25(26,27)28)17-10-30-23(31-11-17)34-7-8-35-18(14-34)12-32-24(35)38/h2-6,9-11,18H,7-8,12-14H2,1H3,(H,32,38)/t18-/m0/s1. The van der Waals surface area contributed by atoms with Gasteiger partial charge in [-0.15, -0.1) is 0 Å². The Morgan fingerprint density at radius 2 is 1.84 bits per heavy atom. The Hall–Kier alpha value is -4.42. The van der Waals surface area contributed by atoms with Gasteiger partial charge >= 0.3 is 12.2 Å². The molecular formula is C25H23F3N8O2. The fraction of sp³-hybridized carbons (Fsp3) is 0.320. The number of nitrogens with one attached hydrogen (secondary N) is 1. The maximum Gasteiger partial charge on any atom is 0.433 e. The van der Waals surface area contributed by atoms with Crippen LogP contribution in [0.15, 0.2) is 53.7 Å². The number of rotatable bonds is 4. The number of halogens is 3. The molecule has 0 bridgehead atoms. The third kappa shape index (κ3) is 4.03. The van der Waals surface area contributed by atoms with E-state index in [1.165, 1.54) is 28.5 Å². The van der Waals surface area contributed by atoms with Crippen LogP contribution in [-0.2, 0) is 19.8 Å². The number of nitrogens with zero attached hydrogens (tertiary/aromatic N) is 7. The predicted molar refractivity (Wildman–Crippen MR) is 133 cm³/mol. The molecule has 38 heavy (non-hydrogen) atoms. The molecule has 196 valence electrons. The summed E-state index contributed by atoms with van der Waals surface area (Å²) in [6.45, 7) is 2.27. The number of pyridine rings is 1. The van der Waals surface area contributed by atoms with Crippen molar-refractivity contribution < 1.29 is 18.0 Å². The van der Waals surface area contributed by atoms with Gasteiger partial charge in [0.15, 0.2) is 0 Å². The third-order valence-corrected chi connectivity index (χ3v) is 7.13. The van der Waals surface area contributed by atoms with Crippen molar-refractivity contribution in [3.8, 4) is 11.1 Å². The molecular weight excluding hydrogens is 501 g/mol. The van der Waals surface area contributed by atoms with E-state index >= 15 is 0 Å². The van der Waals surface area contributed by atoms with Crippen LogP contribution in [-0.4, -0.2) is 67.5 Å². The molecule has 1 N–H and O–H groups in total. The Kier molecular flexibility index (Phi) is 5.58. The van der Waals surface area contributed by atoms with Crippen molar-refractivity contribution in [1.82, 2.24) is 34.5 Å². The van der Waals surface area contributed by atoms with Crippen LogP contribution in [0.25, 0.3) is 22.0 Å². The molecule has 0 saturated carbocycles. The van der Waals surface area contributed by atoms with Gasteiger partial charge in [0.05, 0.1) is 23.5 Å². The molecule has 3 aromatic heterocycles. The second-order valence-corrected chi connectivity index (χ2v) is 9.38. The van der Waals surface area contributed by atoms with Crippen molar-refractivity contribution in [1.29, 1.82) is 0 Å². The van der Waals surface area contributed by atoms with E-state index in [1.807, 2.05) is 9.80 Å². The second kappa shape index (κ2) is 8.85. The summed E-state index contributed by atoms with van der Waals surface area (Å²) >= 11 is 0. The van der Waals surface area contributed by atoms with Crippen LogP contribution in [0.2, 0.25) is 0 Å². The van der Waals surface area contributed by atoms with Gasteiger partial charge < -0.3 is 15.1 Å². The zero-order valence-corrected chi connectivity index (χ0v) is 20.3. The molecule has 0 radical (unpaired) electrons. The SMILES string of the molecule is Cn1c(=O)c2ccc(-c3cnc(N4CCN5C(=O)NC[C@H]5C4)nc3)cc2n1Cc1cccnc1C(F)(F)F. The van der Waals surface area contributed by atoms with Crippen LogP contribution >= 0.6 is 0 Å². The Balaban J connectivity index is 1.31. The summed E-state index contributed by atoms with van der Waals surface area (Å²) in [4.78, 5) is 41.1. The number of amides is 2. The molecule has 2 saturated heterocycles. The van der Waals surface area contributed by atoms with Crippen LogP contribution in [0.4, 0.5) is 23.9 Å². The summed E-state index contributed by atoms with van der Waals surface area (Å²) in [5.41, 5.74) is 0.589. The minimum atomic E-state index is -4.61. The third-order valence-electron chi connectivity index (χ3n) is 7.13. The first-order chi connectivity index (χ1) is 18.2. The largest absolute Gasteiger partial charge is 0.433 e. The number of alkyl halides is 3. The smallest absolute Gasteiger partial charge is 0.337 e. The molecule has 2 fully saturated rings. The fourth-order valence-electron chi connectivity index (χ4n) is 5.14. The number of carbonyl (C=O) groups excluding carboxylic acids is 1. The second-order valence-electron chi connectivity index (χ2n) is 9.38. The molecule has 2 aliphatic heterocycles. The highest BCUT2D eigenvalue weighted by Crippen LogP contribution is 2.31. The van der Waals surface area contributed by atoms with Gasteiger partial charge in [-0.3, -0.25) is 19.1 Å². The summed E-state index contributed by atoms with van der Waals surface area (Å²) in [6.07, 6.45) is -0.144. The molecule has 5 heterocycles. The molecule has 2 aliphatic rings. The number of piperazine rings is 1. The van der Waals surface area contributed by atoms with E-state index in [4.69, 9.17) is 0 Å². The van der Waals surface area contributed by atoms with Crippen molar-refractivity contribution in [2.45, 2.75) is 18.8 Å². The summed E-state index contributed by atoms with van der Waals surface area (Å²) in [6, 6.07) is 8.03. The normalized spacial score (nSPS) is 17.7. The molecule has 1 atom stereocenters. The highest BCUT2D eigenvalue weighted by molar-refractivity contribution is 5.84. The number of benzene rings is 1. The van der Waals surface area contributed by atoms with Crippen LogP contribution in [0.5, 0.6) is 0 Å². The number of hydrogen-bond acceptors (Lipinski definition) is 6. The lowest BCUT2D eigenvalue weighted by Crippen LogP contribution is -2.52. The zero-order valence-electron chi connectivity index (χ0n) is 20.3. The lowest BCUT2D eigenvalue weighted by atomic mass is 10.1. The topological polar surface area (TPSA) is 101 Å². The summed E-state index contributed by atoms with van der Waals surface area (Å²) in [5, 5.41) is 3.24. The first-order valence-corrected chi connectivity index (χ1v) is 12.0. The van der Waals surface area contributed by atoms with E-state index in [1.54, 1.807) is 30.6 Å². The lowest BCUT2D eigenvalue weighted by Gasteiger charge is -2.36. The van der Waals surface area contributed by atoms with Gasteiger partial charge in [0.25, 0.3) is 5.56 Å². The van der Waals surface area contributed by atoms with Crippen molar-refractivity contribution in [3.05, 3.63) is 70.5 Å². The lowest BCUT2D eigenvalue weighted by molar-refractivity contribution is -0.141. The average Bonchev–Trinajstić information content (AvgIpc) is 3.40. The fourth-order valence-corrected chi connectivity index (χ4v) is 5.14. The van der Waals surface area contributed by atoms with E-state index in [9.17, 15) is 22.8 Å². The van der Waals surface area contributed by atoms with E-state index < -0.39 is 11.9 Å². The maximum absolute atomic E-state index is 13.5. The van der Waals surface area contributed by atoms with Crippen molar-refractivity contribution in [3.63, 3.8) is 0 Å². The zero-order chi connectivity index (χ0) is 26.6. The quantitative estimate of drug-likeness (QED) is 0.440. The van der Waals surface area contributed by atoms with Crippen molar-refractivity contribution in [2.24, 2.45) is 7.05 Å². The van der Waals surface area contributed by atoms with Gasteiger partial charge in [-0.05, 0) is 23.8 Å². The molecule has 10 nitrogen and oxygen atoms in total. The molecule has 0 aliphatic carbocycles. The summed E-state index contributed by atoms with van der Waals surface area (Å²) in [5.74, 6) is 0.557. The van der Waals surface area contributed by atoms with Gasteiger partial charge in [-0.1, -0.05) is 12.1 Å². The molecule has 4 aromatic rings. The van der Waals surface area contributed by atoms with Gasteiger partial charge in [-0.25, -0.2) is 14.8 Å². The van der Waals surface area contributed by atoms with E-state index in [2.05, 4.69) is 20.3 Å². The van der Waals surface area contributed by atoms with Crippen molar-refractivity contribution in [2.75, 3.05) is 31.1 Å². The first kappa shape index (κ1) is 23.9. The molecule has 2 amide bonds. The highest BCUT2D eigenvalue weighted by Gasteiger charge is 2.36. The average molecular weight is 525 g/mol. The Morgan fingerprint density at radius 3 is 2.61 bits per heavy atom. The first-order valence-electron chi connectivity index (χ1n) is 12.0. The maximum atomic E-state index is 13.5. The molecule has 0 unspecified atom stereocenters. The molecule has 0 spiro atoms. The number of hydrogen-bond donors (Lipinski definition) is 1. The Bertz CT molecular complexity index is 1600. The highest BCUT2D eigenvalue weighted by atomic mass is 19.4. The van der Waals surface area contributed by atoms with E-state index in [0.29, 0.717) is 48.6 Å². The van der Waals surface area contributed by atoms with Gasteiger partial charge in [0.2, 0.25) is 5.95 Å². The van der Waals surface area contributed by atoms with E-state index in [0.717, 1.165) is 11.8 Å². The number of urea groups is 1. The summed E-state index contributed by atoms with van der Waals surface area (Å²) < 4.78 is 43.4. The number of anilines is 1. The van der Waals surface area contributed by atoms with Crippen LogP contribution in [0.1, 0.15) is 11.3 Å². The monoisotopic (exact) mass is 524 g/mol. The number of carbonyl (C=O) groups is 1. The number of aromatic nitrogens is 5. The predicted octanol–water partition coefficient (Wildman–Crippen LogP) is 2.47.